The molecule has 2 aromatic carbocycles. The molecule has 0 saturated heterocycles. The third-order valence-corrected chi connectivity index (χ3v) is 4.54. The van der Waals surface area contributed by atoms with Gasteiger partial charge in [0.05, 0.1) is 4.90 Å². The van der Waals surface area contributed by atoms with Crippen LogP contribution >= 0.6 is 11.6 Å². The second-order valence-electron chi connectivity index (χ2n) is 4.71. The van der Waals surface area contributed by atoms with Crippen LogP contribution in [0, 0.1) is 0 Å². The van der Waals surface area contributed by atoms with E-state index in [2.05, 4.69) is 0 Å². The van der Waals surface area contributed by atoms with Crippen LogP contribution in [0.3, 0.4) is 0 Å². The van der Waals surface area contributed by atoms with Crippen LogP contribution in [-0.4, -0.2) is 26.4 Å². The fourth-order valence-electron chi connectivity index (χ4n) is 1.79. The normalized spacial score (nSPS) is 11.0. The van der Waals surface area contributed by atoms with Crippen molar-refractivity contribution in [3.63, 3.8) is 0 Å². The van der Waals surface area contributed by atoms with E-state index >= 15 is 0 Å². The molecule has 0 unspecified atom stereocenters. The lowest BCUT2D eigenvalue weighted by Gasteiger charge is -2.18. The second-order valence-corrected chi connectivity index (χ2v) is 6.83. The average molecular weight is 339 g/mol. The third kappa shape index (κ3) is 4.22. The number of urea groups is 1. The molecule has 5 nitrogen and oxygen atoms in total. The van der Waals surface area contributed by atoms with E-state index in [9.17, 15) is 13.2 Å². The van der Waals surface area contributed by atoms with Gasteiger partial charge >= 0.3 is 6.03 Å². The number of hydrogen-bond donors (Lipinski definition) is 1. The van der Waals surface area contributed by atoms with Gasteiger partial charge in [-0.2, -0.15) is 0 Å². The van der Waals surface area contributed by atoms with Crippen molar-refractivity contribution in [2.45, 2.75) is 11.4 Å². The lowest BCUT2D eigenvalue weighted by molar-refractivity contribution is 0.213. The molecule has 0 spiro atoms. The minimum atomic E-state index is -3.91. The summed E-state index contributed by atoms with van der Waals surface area (Å²) in [6.45, 7) is 0.308. The van der Waals surface area contributed by atoms with Crippen molar-refractivity contribution in [3.05, 3.63) is 65.2 Å². The first kappa shape index (κ1) is 16.3. The summed E-state index contributed by atoms with van der Waals surface area (Å²) in [7, 11) is -2.39. The highest BCUT2D eigenvalue weighted by Gasteiger charge is 2.20. The predicted octanol–water partition coefficient (Wildman–Crippen LogP) is 2.87. The molecule has 0 fully saturated rings. The molecule has 0 aliphatic carbocycles. The number of amides is 2. The van der Waals surface area contributed by atoms with Gasteiger partial charge in [-0.25, -0.2) is 17.9 Å². The molecule has 0 bridgehead atoms. The summed E-state index contributed by atoms with van der Waals surface area (Å²) >= 11 is 5.72. The van der Waals surface area contributed by atoms with E-state index in [4.69, 9.17) is 11.6 Å². The zero-order valence-electron chi connectivity index (χ0n) is 11.9. The SMILES string of the molecule is CN(Cc1ccccc1)C(=O)NS(=O)(=O)c1ccc(Cl)cc1. The summed E-state index contributed by atoms with van der Waals surface area (Å²) in [5.41, 5.74) is 0.907. The first-order valence-electron chi connectivity index (χ1n) is 6.46. The van der Waals surface area contributed by atoms with E-state index in [-0.39, 0.29) is 4.90 Å². The average Bonchev–Trinajstić information content (AvgIpc) is 2.48. The van der Waals surface area contributed by atoms with E-state index in [0.717, 1.165) is 5.56 Å². The number of rotatable bonds is 4. The van der Waals surface area contributed by atoms with Crippen molar-refractivity contribution in [3.8, 4) is 0 Å². The molecule has 116 valence electrons. The Morgan fingerprint density at radius 1 is 1.09 bits per heavy atom. The number of nitrogens with zero attached hydrogens (tertiary/aromatic N) is 1. The van der Waals surface area contributed by atoms with Gasteiger partial charge in [0.15, 0.2) is 0 Å². The Morgan fingerprint density at radius 2 is 1.68 bits per heavy atom. The van der Waals surface area contributed by atoms with Crippen LogP contribution in [0.4, 0.5) is 4.79 Å². The number of carbonyl (C=O) groups is 1. The minimum absolute atomic E-state index is 0.0154. The molecule has 0 atom stereocenters. The van der Waals surface area contributed by atoms with Gasteiger partial charge in [0, 0.05) is 18.6 Å². The van der Waals surface area contributed by atoms with E-state index in [0.29, 0.717) is 11.6 Å². The molecule has 0 aliphatic rings. The molecule has 2 amide bonds. The number of halogens is 1. The molecule has 7 heteroatoms. The fraction of sp³-hybridized carbons (Fsp3) is 0.133. The summed E-state index contributed by atoms with van der Waals surface area (Å²) in [6, 6.07) is 14.2. The van der Waals surface area contributed by atoms with Crippen molar-refractivity contribution >= 4 is 27.7 Å². The van der Waals surface area contributed by atoms with Crippen LogP contribution in [0.25, 0.3) is 0 Å². The number of hydrogen-bond acceptors (Lipinski definition) is 3. The molecular weight excluding hydrogens is 324 g/mol. The molecule has 0 radical (unpaired) electrons. The number of nitrogens with one attached hydrogen (secondary N) is 1. The van der Waals surface area contributed by atoms with E-state index in [1.165, 1.54) is 36.2 Å². The lowest BCUT2D eigenvalue weighted by atomic mass is 10.2. The van der Waals surface area contributed by atoms with Crippen LogP contribution in [0.5, 0.6) is 0 Å². The maximum absolute atomic E-state index is 12.1. The molecule has 0 heterocycles. The first-order valence-corrected chi connectivity index (χ1v) is 8.32. The van der Waals surface area contributed by atoms with Crippen LogP contribution in [0.1, 0.15) is 5.56 Å². The largest absolute Gasteiger partial charge is 0.331 e. The Labute approximate surface area is 134 Å². The smallest absolute Gasteiger partial charge is 0.323 e. The number of carbonyl (C=O) groups excluding carboxylic acids is 1. The van der Waals surface area contributed by atoms with Gasteiger partial charge in [0.2, 0.25) is 0 Å². The molecule has 2 aromatic rings. The summed E-state index contributed by atoms with van der Waals surface area (Å²) in [6.07, 6.45) is 0. The highest BCUT2D eigenvalue weighted by atomic mass is 35.5. The first-order chi connectivity index (χ1) is 10.4. The Bertz CT molecular complexity index is 746. The minimum Gasteiger partial charge on any atom is -0.323 e. The molecular formula is C15H15ClN2O3S. The predicted molar refractivity (Wildman–Crippen MR) is 85.1 cm³/mol. The Kier molecular flexibility index (Phi) is 5.05. The lowest BCUT2D eigenvalue weighted by Crippen LogP contribution is -2.40. The van der Waals surface area contributed by atoms with E-state index in [1.807, 2.05) is 35.1 Å². The Hall–Kier alpha value is -2.05. The van der Waals surface area contributed by atoms with Crippen molar-refractivity contribution in [2.24, 2.45) is 0 Å². The molecule has 0 saturated carbocycles. The second kappa shape index (κ2) is 6.81. The highest BCUT2D eigenvalue weighted by molar-refractivity contribution is 7.90. The van der Waals surface area contributed by atoms with Gasteiger partial charge in [-0.15, -0.1) is 0 Å². The molecule has 1 N–H and O–H groups in total. The molecule has 22 heavy (non-hydrogen) atoms. The maximum Gasteiger partial charge on any atom is 0.331 e. The van der Waals surface area contributed by atoms with Crippen LogP contribution in [0.15, 0.2) is 59.5 Å². The summed E-state index contributed by atoms with van der Waals surface area (Å²) in [5.74, 6) is 0. The van der Waals surface area contributed by atoms with Crippen molar-refractivity contribution in [2.75, 3.05) is 7.05 Å². The Balaban J connectivity index is 2.05. The zero-order chi connectivity index (χ0) is 16.2. The Morgan fingerprint density at radius 3 is 2.27 bits per heavy atom. The van der Waals surface area contributed by atoms with Crippen molar-refractivity contribution in [1.29, 1.82) is 0 Å². The van der Waals surface area contributed by atoms with E-state index in [1.54, 1.807) is 0 Å². The summed E-state index contributed by atoms with van der Waals surface area (Å²) in [5, 5.41) is 0.423. The van der Waals surface area contributed by atoms with Crippen LogP contribution in [-0.2, 0) is 16.6 Å². The fourth-order valence-corrected chi connectivity index (χ4v) is 2.92. The zero-order valence-corrected chi connectivity index (χ0v) is 13.4. The van der Waals surface area contributed by atoms with Crippen LogP contribution in [0.2, 0.25) is 5.02 Å². The van der Waals surface area contributed by atoms with Crippen molar-refractivity contribution < 1.29 is 13.2 Å². The van der Waals surface area contributed by atoms with Crippen LogP contribution < -0.4 is 4.72 Å². The van der Waals surface area contributed by atoms with Gasteiger partial charge in [-0.3, -0.25) is 0 Å². The van der Waals surface area contributed by atoms with Gasteiger partial charge in [0.25, 0.3) is 10.0 Å². The monoisotopic (exact) mass is 338 g/mol. The highest BCUT2D eigenvalue weighted by Crippen LogP contribution is 2.14. The quantitative estimate of drug-likeness (QED) is 0.932. The molecule has 0 aliphatic heterocycles. The van der Waals surface area contributed by atoms with Gasteiger partial charge in [-0.1, -0.05) is 41.9 Å². The molecule has 2 rings (SSSR count). The third-order valence-electron chi connectivity index (χ3n) is 2.95. The van der Waals surface area contributed by atoms with Crippen molar-refractivity contribution in [1.82, 2.24) is 9.62 Å². The van der Waals surface area contributed by atoms with Gasteiger partial charge < -0.3 is 4.90 Å². The summed E-state index contributed by atoms with van der Waals surface area (Å²) in [4.78, 5) is 13.3. The standard InChI is InChI=1S/C15H15ClN2O3S/c1-18(11-12-5-3-2-4-6-12)15(19)17-22(20,21)14-9-7-13(16)8-10-14/h2-10H,11H2,1H3,(H,17,19). The van der Waals surface area contributed by atoms with Gasteiger partial charge in [-0.05, 0) is 29.8 Å². The maximum atomic E-state index is 12.1. The molecule has 0 aromatic heterocycles. The summed E-state index contributed by atoms with van der Waals surface area (Å²) < 4.78 is 26.2. The number of sulfonamides is 1. The van der Waals surface area contributed by atoms with E-state index < -0.39 is 16.1 Å². The topological polar surface area (TPSA) is 66.5 Å². The van der Waals surface area contributed by atoms with Gasteiger partial charge in [0.1, 0.15) is 0 Å². The number of benzene rings is 2.